The third-order valence-corrected chi connectivity index (χ3v) is 4.37. The second-order valence-corrected chi connectivity index (χ2v) is 6.16. The van der Waals surface area contributed by atoms with Crippen molar-refractivity contribution in [2.45, 2.75) is 0 Å². The van der Waals surface area contributed by atoms with Crippen molar-refractivity contribution in [2.24, 2.45) is 0 Å². The summed E-state index contributed by atoms with van der Waals surface area (Å²) in [6.07, 6.45) is 0. The molecule has 0 unspecified atom stereocenters. The lowest BCUT2D eigenvalue weighted by atomic mass is 10.4. The van der Waals surface area contributed by atoms with Crippen LogP contribution in [0.2, 0.25) is 0 Å². The Labute approximate surface area is 108 Å². The molecular formula is C14H16IN. The summed E-state index contributed by atoms with van der Waals surface area (Å²) in [5.74, 6) is 0. The SMILES string of the molecule is C[N-]C.c1ccc([I+]c2ccccc2)cc1. The van der Waals surface area contributed by atoms with E-state index < -0.39 is 0 Å². The molecule has 0 amide bonds. The van der Waals surface area contributed by atoms with Crippen molar-refractivity contribution in [1.29, 1.82) is 0 Å². The van der Waals surface area contributed by atoms with Crippen molar-refractivity contribution in [3.05, 3.63) is 73.1 Å². The first-order valence-corrected chi connectivity index (χ1v) is 7.25. The van der Waals surface area contributed by atoms with Gasteiger partial charge in [-0.3, -0.25) is 0 Å². The van der Waals surface area contributed by atoms with Crippen molar-refractivity contribution in [3.8, 4) is 0 Å². The van der Waals surface area contributed by atoms with Gasteiger partial charge in [0, 0.05) is 0 Å². The van der Waals surface area contributed by atoms with Gasteiger partial charge in [-0.05, 0) is 24.3 Å². The molecule has 0 spiro atoms. The van der Waals surface area contributed by atoms with E-state index in [1.165, 1.54) is 7.14 Å². The van der Waals surface area contributed by atoms with Crippen molar-refractivity contribution in [1.82, 2.24) is 0 Å². The smallest absolute Gasteiger partial charge is 0.357 e. The molecule has 0 saturated carbocycles. The molecule has 0 N–H and O–H groups in total. The van der Waals surface area contributed by atoms with Crippen LogP contribution in [0, 0.1) is 7.14 Å². The molecule has 1 nitrogen and oxygen atoms in total. The highest BCUT2D eigenvalue weighted by atomic mass is 127. The van der Waals surface area contributed by atoms with Gasteiger partial charge in [0.05, 0.1) is 0 Å². The van der Waals surface area contributed by atoms with E-state index in [9.17, 15) is 0 Å². The van der Waals surface area contributed by atoms with Gasteiger partial charge >= 0.3 is 21.2 Å². The Morgan fingerprint density at radius 3 is 1.31 bits per heavy atom. The summed E-state index contributed by atoms with van der Waals surface area (Å²) in [6, 6.07) is 21.4. The quantitative estimate of drug-likeness (QED) is 0.712. The topological polar surface area (TPSA) is 14.1 Å². The predicted octanol–water partition coefficient (Wildman–Crippen LogP) is 0.435. The van der Waals surface area contributed by atoms with E-state index in [4.69, 9.17) is 0 Å². The summed E-state index contributed by atoms with van der Waals surface area (Å²) < 4.78 is 2.96. The number of benzene rings is 2. The minimum Gasteiger partial charge on any atom is -0.668 e. The normalized spacial score (nSPS) is 9.12. The zero-order valence-electron chi connectivity index (χ0n) is 9.60. The van der Waals surface area contributed by atoms with Gasteiger partial charge in [0.15, 0.2) is 7.14 Å². The van der Waals surface area contributed by atoms with Crippen LogP contribution >= 0.6 is 0 Å². The number of hydrogen-bond acceptors (Lipinski definition) is 0. The average Bonchev–Trinajstić information content (AvgIpc) is 2.33. The van der Waals surface area contributed by atoms with Gasteiger partial charge in [0.25, 0.3) is 0 Å². The third-order valence-electron chi connectivity index (χ3n) is 1.68. The van der Waals surface area contributed by atoms with E-state index in [1.54, 1.807) is 14.1 Å². The summed E-state index contributed by atoms with van der Waals surface area (Å²) in [6.45, 7) is 0. The summed E-state index contributed by atoms with van der Waals surface area (Å²) in [5.41, 5.74) is 0. The molecule has 16 heavy (non-hydrogen) atoms. The fourth-order valence-corrected chi connectivity index (χ4v) is 3.35. The standard InChI is InChI=1S/C12H10I.C2H6N/c1-3-7-11(8-4-1)13-12-9-5-2-6-10-12;1-3-2/h1-10H;1-2H3/q+1;-1. The van der Waals surface area contributed by atoms with E-state index in [0.29, 0.717) is 0 Å². The van der Waals surface area contributed by atoms with E-state index >= 15 is 0 Å². The number of nitrogens with zero attached hydrogens (tertiary/aromatic N) is 1. The Hall–Kier alpha value is -0.870. The first kappa shape index (κ1) is 13.2. The highest BCUT2D eigenvalue weighted by molar-refractivity contribution is 5.02. The summed E-state index contributed by atoms with van der Waals surface area (Å²) in [4.78, 5) is 0. The zero-order valence-corrected chi connectivity index (χ0v) is 11.8. The number of rotatable bonds is 2. The second kappa shape index (κ2) is 8.30. The van der Waals surface area contributed by atoms with Crippen molar-refractivity contribution >= 4 is 0 Å². The predicted molar refractivity (Wildman–Crippen MR) is 65.5 cm³/mol. The van der Waals surface area contributed by atoms with Gasteiger partial charge in [-0.25, -0.2) is 0 Å². The maximum absolute atomic E-state index is 3.50. The van der Waals surface area contributed by atoms with Gasteiger partial charge in [-0.15, -0.1) is 0 Å². The minimum atomic E-state index is 0.0287. The molecule has 0 aliphatic heterocycles. The van der Waals surface area contributed by atoms with E-state index in [-0.39, 0.29) is 21.2 Å². The summed E-state index contributed by atoms with van der Waals surface area (Å²) in [7, 11) is 3.50. The van der Waals surface area contributed by atoms with Crippen LogP contribution in [-0.4, -0.2) is 14.1 Å². The maximum atomic E-state index is 3.50. The Balaban J connectivity index is 0.000000386. The first-order valence-electron chi connectivity index (χ1n) is 5.09. The molecule has 0 bridgehead atoms. The maximum Gasteiger partial charge on any atom is 0.357 e. The van der Waals surface area contributed by atoms with Crippen LogP contribution < -0.4 is 21.2 Å². The summed E-state index contributed by atoms with van der Waals surface area (Å²) in [5, 5.41) is 3.50. The molecule has 0 radical (unpaired) electrons. The molecule has 0 aromatic heterocycles. The monoisotopic (exact) mass is 325 g/mol. The molecule has 2 heteroatoms. The third kappa shape index (κ3) is 5.28. The molecule has 0 fully saturated rings. The lowest BCUT2D eigenvalue weighted by molar-refractivity contribution is -0.597. The van der Waals surface area contributed by atoms with Crippen LogP contribution in [0.4, 0.5) is 0 Å². The van der Waals surface area contributed by atoms with Gasteiger partial charge < -0.3 is 5.32 Å². The highest BCUT2D eigenvalue weighted by Crippen LogP contribution is 1.85. The van der Waals surface area contributed by atoms with Gasteiger partial charge in [0.1, 0.15) is 0 Å². The van der Waals surface area contributed by atoms with Crippen LogP contribution in [0.25, 0.3) is 5.32 Å². The molecule has 0 atom stereocenters. The largest absolute Gasteiger partial charge is 0.668 e. The Morgan fingerprint density at radius 2 is 1.00 bits per heavy atom. The van der Waals surface area contributed by atoms with E-state index in [2.05, 4.69) is 66.0 Å². The minimum absolute atomic E-state index is 0.0287. The van der Waals surface area contributed by atoms with Crippen molar-refractivity contribution in [2.75, 3.05) is 14.1 Å². The van der Waals surface area contributed by atoms with Crippen LogP contribution in [0.5, 0.6) is 0 Å². The molecule has 0 aliphatic rings. The average molecular weight is 325 g/mol. The molecule has 0 aliphatic carbocycles. The van der Waals surface area contributed by atoms with Crippen LogP contribution in [0.1, 0.15) is 0 Å². The zero-order chi connectivity index (χ0) is 11.6. The fourth-order valence-electron chi connectivity index (χ4n) is 1.08. The van der Waals surface area contributed by atoms with E-state index in [0.717, 1.165) is 0 Å². The summed E-state index contributed by atoms with van der Waals surface area (Å²) >= 11 is 0.0287. The number of halogens is 1. The Kier molecular flexibility index (Phi) is 6.85. The Morgan fingerprint density at radius 1 is 0.688 bits per heavy atom. The van der Waals surface area contributed by atoms with Crippen molar-refractivity contribution < 1.29 is 21.2 Å². The first-order chi connectivity index (χ1) is 7.86. The van der Waals surface area contributed by atoms with Gasteiger partial charge in [0.2, 0.25) is 0 Å². The van der Waals surface area contributed by atoms with Crippen LogP contribution in [0.3, 0.4) is 0 Å². The Bertz CT molecular complexity index is 335. The lowest BCUT2D eigenvalue weighted by Crippen LogP contribution is -3.61. The lowest BCUT2D eigenvalue weighted by Gasteiger charge is -1.85. The van der Waals surface area contributed by atoms with Crippen LogP contribution in [0.15, 0.2) is 60.7 Å². The molecule has 2 rings (SSSR count). The number of hydrogen-bond donors (Lipinski definition) is 0. The fraction of sp³-hybridized carbons (Fsp3) is 0.143. The molecule has 0 heterocycles. The molecule has 0 saturated heterocycles. The van der Waals surface area contributed by atoms with Crippen LogP contribution in [-0.2, 0) is 0 Å². The highest BCUT2D eigenvalue weighted by Gasteiger charge is 2.12. The van der Waals surface area contributed by atoms with Gasteiger partial charge in [-0.2, -0.15) is 14.1 Å². The van der Waals surface area contributed by atoms with E-state index in [1.807, 2.05) is 0 Å². The van der Waals surface area contributed by atoms with Crippen molar-refractivity contribution in [3.63, 3.8) is 0 Å². The molecule has 2 aromatic carbocycles. The molecule has 84 valence electrons. The molecule has 2 aromatic rings. The van der Waals surface area contributed by atoms with Gasteiger partial charge in [-0.1, -0.05) is 36.4 Å². The second-order valence-electron chi connectivity index (χ2n) is 3.13. The molecular weight excluding hydrogens is 309 g/mol.